The molecule has 15 heavy (non-hydrogen) atoms. The van der Waals surface area contributed by atoms with E-state index in [2.05, 4.69) is 33.0 Å². The molecule has 1 aliphatic rings. The Balaban J connectivity index is 2.01. The first-order valence-corrected chi connectivity index (χ1v) is 6.28. The van der Waals surface area contributed by atoms with Crippen molar-refractivity contribution in [3.63, 3.8) is 0 Å². The molecule has 0 aliphatic heterocycles. The molecule has 0 spiro atoms. The maximum Gasteiger partial charge on any atom is 0.0529 e. The van der Waals surface area contributed by atoms with Crippen molar-refractivity contribution >= 4 is 0 Å². The fourth-order valence-electron chi connectivity index (χ4n) is 1.54. The summed E-state index contributed by atoms with van der Waals surface area (Å²) in [6.45, 7) is 13.0. The van der Waals surface area contributed by atoms with Crippen LogP contribution in [0.3, 0.4) is 0 Å². The summed E-state index contributed by atoms with van der Waals surface area (Å²) in [5.74, 6) is 1.61. The van der Waals surface area contributed by atoms with E-state index in [0.29, 0.717) is 0 Å². The predicted molar refractivity (Wildman–Crippen MR) is 65.0 cm³/mol. The van der Waals surface area contributed by atoms with Gasteiger partial charge in [0.15, 0.2) is 0 Å². The molecular weight excluding hydrogens is 186 g/mol. The predicted octanol–water partition coefficient (Wildman–Crippen LogP) is 2.68. The Hall–Kier alpha value is -0.0800. The number of hydrogen-bond acceptors (Lipinski definition) is 2. The second-order valence-electron chi connectivity index (χ2n) is 6.15. The second kappa shape index (κ2) is 5.86. The SMILES string of the molecule is CC(C)CNCC(C)(C)COCC1CC1. The average molecular weight is 213 g/mol. The Kier molecular flexibility index (Phi) is 5.07. The Morgan fingerprint density at radius 1 is 1.33 bits per heavy atom. The largest absolute Gasteiger partial charge is 0.381 e. The van der Waals surface area contributed by atoms with Crippen LogP contribution in [-0.4, -0.2) is 26.3 Å². The number of rotatable bonds is 8. The zero-order chi connectivity index (χ0) is 11.3. The molecule has 0 heterocycles. The summed E-state index contributed by atoms with van der Waals surface area (Å²) >= 11 is 0. The third-order valence-corrected chi connectivity index (χ3v) is 2.70. The van der Waals surface area contributed by atoms with Gasteiger partial charge in [-0.3, -0.25) is 0 Å². The molecule has 1 saturated carbocycles. The summed E-state index contributed by atoms with van der Waals surface area (Å²) < 4.78 is 5.74. The van der Waals surface area contributed by atoms with Crippen LogP contribution >= 0.6 is 0 Å². The van der Waals surface area contributed by atoms with Gasteiger partial charge >= 0.3 is 0 Å². The smallest absolute Gasteiger partial charge is 0.0529 e. The van der Waals surface area contributed by atoms with Gasteiger partial charge in [-0.15, -0.1) is 0 Å². The number of nitrogens with one attached hydrogen (secondary N) is 1. The van der Waals surface area contributed by atoms with Crippen molar-refractivity contribution in [2.45, 2.75) is 40.5 Å². The van der Waals surface area contributed by atoms with Crippen molar-refractivity contribution in [2.75, 3.05) is 26.3 Å². The van der Waals surface area contributed by atoms with Crippen molar-refractivity contribution < 1.29 is 4.74 Å². The van der Waals surface area contributed by atoms with Crippen LogP contribution in [0.2, 0.25) is 0 Å². The van der Waals surface area contributed by atoms with Gasteiger partial charge in [-0.05, 0) is 31.2 Å². The second-order valence-corrected chi connectivity index (χ2v) is 6.15. The normalized spacial score (nSPS) is 17.4. The molecule has 0 atom stereocenters. The highest BCUT2D eigenvalue weighted by molar-refractivity contribution is 4.75. The minimum Gasteiger partial charge on any atom is -0.381 e. The summed E-state index contributed by atoms with van der Waals surface area (Å²) in [5, 5.41) is 3.50. The summed E-state index contributed by atoms with van der Waals surface area (Å²) in [6, 6.07) is 0. The van der Waals surface area contributed by atoms with Crippen molar-refractivity contribution in [3.05, 3.63) is 0 Å². The van der Waals surface area contributed by atoms with Gasteiger partial charge in [0.25, 0.3) is 0 Å². The third-order valence-electron chi connectivity index (χ3n) is 2.70. The Morgan fingerprint density at radius 2 is 2.00 bits per heavy atom. The molecule has 0 saturated heterocycles. The maximum atomic E-state index is 5.74. The first-order valence-electron chi connectivity index (χ1n) is 6.28. The quantitative estimate of drug-likeness (QED) is 0.669. The van der Waals surface area contributed by atoms with Crippen LogP contribution in [0.4, 0.5) is 0 Å². The highest BCUT2D eigenvalue weighted by Crippen LogP contribution is 2.29. The van der Waals surface area contributed by atoms with Crippen LogP contribution in [0.1, 0.15) is 40.5 Å². The first kappa shape index (κ1) is 13.0. The minimum atomic E-state index is 0.268. The van der Waals surface area contributed by atoms with E-state index in [1.54, 1.807) is 0 Å². The van der Waals surface area contributed by atoms with E-state index < -0.39 is 0 Å². The number of ether oxygens (including phenoxy) is 1. The van der Waals surface area contributed by atoms with Gasteiger partial charge in [-0.1, -0.05) is 27.7 Å². The summed E-state index contributed by atoms with van der Waals surface area (Å²) in [5.41, 5.74) is 0.268. The molecule has 1 fully saturated rings. The van der Waals surface area contributed by atoms with Crippen LogP contribution in [0.5, 0.6) is 0 Å². The average Bonchev–Trinajstić information content (AvgIpc) is 2.86. The zero-order valence-electron chi connectivity index (χ0n) is 10.8. The van der Waals surface area contributed by atoms with Crippen LogP contribution in [0.25, 0.3) is 0 Å². The molecule has 1 N–H and O–H groups in total. The van der Waals surface area contributed by atoms with E-state index in [4.69, 9.17) is 4.74 Å². The molecule has 0 aromatic rings. The van der Waals surface area contributed by atoms with Gasteiger partial charge in [-0.25, -0.2) is 0 Å². The lowest BCUT2D eigenvalue weighted by Crippen LogP contribution is -2.35. The lowest BCUT2D eigenvalue weighted by atomic mass is 9.94. The summed E-state index contributed by atoms with van der Waals surface area (Å²) in [7, 11) is 0. The lowest BCUT2D eigenvalue weighted by molar-refractivity contribution is 0.0554. The topological polar surface area (TPSA) is 21.3 Å². The summed E-state index contributed by atoms with van der Waals surface area (Å²) in [6.07, 6.45) is 2.76. The molecule has 2 nitrogen and oxygen atoms in total. The fourth-order valence-corrected chi connectivity index (χ4v) is 1.54. The van der Waals surface area contributed by atoms with Gasteiger partial charge in [0.05, 0.1) is 6.61 Å². The zero-order valence-corrected chi connectivity index (χ0v) is 10.8. The van der Waals surface area contributed by atoms with E-state index in [9.17, 15) is 0 Å². The Labute approximate surface area is 94.8 Å². The molecule has 90 valence electrons. The molecule has 0 aromatic heterocycles. The van der Waals surface area contributed by atoms with E-state index in [1.165, 1.54) is 12.8 Å². The standard InChI is InChI=1S/C13H27NO/c1-11(2)7-14-9-13(3,4)10-15-8-12-5-6-12/h11-12,14H,5-10H2,1-4H3. The van der Waals surface area contributed by atoms with Crippen LogP contribution < -0.4 is 5.32 Å². The number of hydrogen-bond donors (Lipinski definition) is 1. The molecule has 0 amide bonds. The molecular formula is C13H27NO. The molecule has 2 heteroatoms. The van der Waals surface area contributed by atoms with E-state index in [1.807, 2.05) is 0 Å². The van der Waals surface area contributed by atoms with Crippen LogP contribution in [-0.2, 0) is 4.74 Å². The molecule has 0 unspecified atom stereocenters. The van der Waals surface area contributed by atoms with Crippen molar-refractivity contribution in [1.29, 1.82) is 0 Å². The van der Waals surface area contributed by atoms with E-state index in [0.717, 1.165) is 38.1 Å². The van der Waals surface area contributed by atoms with Crippen molar-refractivity contribution in [2.24, 2.45) is 17.3 Å². The van der Waals surface area contributed by atoms with Crippen molar-refractivity contribution in [1.82, 2.24) is 5.32 Å². The van der Waals surface area contributed by atoms with Crippen molar-refractivity contribution in [3.8, 4) is 0 Å². The molecule has 1 aliphatic carbocycles. The van der Waals surface area contributed by atoms with Gasteiger partial charge in [0, 0.05) is 18.6 Å². The van der Waals surface area contributed by atoms with E-state index >= 15 is 0 Å². The van der Waals surface area contributed by atoms with Gasteiger partial charge in [0.2, 0.25) is 0 Å². The summed E-state index contributed by atoms with van der Waals surface area (Å²) in [4.78, 5) is 0. The highest BCUT2D eigenvalue weighted by Gasteiger charge is 2.23. The molecule has 0 aromatic carbocycles. The van der Waals surface area contributed by atoms with Gasteiger partial charge in [-0.2, -0.15) is 0 Å². The fraction of sp³-hybridized carbons (Fsp3) is 1.00. The van der Waals surface area contributed by atoms with Crippen LogP contribution in [0.15, 0.2) is 0 Å². The molecule has 0 bridgehead atoms. The Bertz CT molecular complexity index is 163. The maximum absolute atomic E-state index is 5.74. The van der Waals surface area contributed by atoms with Gasteiger partial charge in [0.1, 0.15) is 0 Å². The lowest BCUT2D eigenvalue weighted by Gasteiger charge is -2.25. The molecule has 0 radical (unpaired) electrons. The van der Waals surface area contributed by atoms with Crippen LogP contribution in [0, 0.1) is 17.3 Å². The minimum absolute atomic E-state index is 0.268. The molecule has 1 rings (SSSR count). The third kappa shape index (κ3) is 6.91. The highest BCUT2D eigenvalue weighted by atomic mass is 16.5. The van der Waals surface area contributed by atoms with E-state index in [-0.39, 0.29) is 5.41 Å². The first-order chi connectivity index (χ1) is 6.99. The monoisotopic (exact) mass is 213 g/mol. The van der Waals surface area contributed by atoms with Gasteiger partial charge < -0.3 is 10.1 Å². The Morgan fingerprint density at radius 3 is 2.53 bits per heavy atom.